The average molecular weight is 471 g/mol. The van der Waals surface area contributed by atoms with E-state index in [2.05, 4.69) is 17.2 Å². The smallest absolute Gasteiger partial charge is 0.266 e. The van der Waals surface area contributed by atoms with Crippen LogP contribution in [0.1, 0.15) is 28.4 Å². The largest absolute Gasteiger partial charge is 0.321 e. The molecule has 0 spiro atoms. The van der Waals surface area contributed by atoms with Crippen molar-refractivity contribution >= 4 is 27.5 Å². The highest BCUT2D eigenvalue weighted by Crippen LogP contribution is 2.21. The zero-order valence-corrected chi connectivity index (χ0v) is 19.2. The fraction of sp³-hybridized carbons (Fsp3) is 0.0370. The first-order valence-electron chi connectivity index (χ1n) is 10.3. The van der Waals surface area contributed by atoms with Crippen LogP contribution in [0, 0.1) is 11.8 Å². The van der Waals surface area contributed by atoms with E-state index in [4.69, 9.17) is 0 Å². The maximum Gasteiger partial charge on any atom is 0.266 e. The number of sulfonamides is 1. The Hall–Kier alpha value is -4.41. The minimum atomic E-state index is -4.20. The monoisotopic (exact) mass is 470 g/mol. The second kappa shape index (κ2) is 11.5. The van der Waals surface area contributed by atoms with Crippen LogP contribution in [0.4, 0.5) is 5.69 Å². The van der Waals surface area contributed by atoms with E-state index in [-0.39, 0.29) is 10.6 Å². The van der Waals surface area contributed by atoms with Crippen LogP contribution in [-0.2, 0) is 14.8 Å². The number of amides is 2. The second-order valence-electron chi connectivity index (χ2n) is 7.00. The first kappa shape index (κ1) is 24.2. The summed E-state index contributed by atoms with van der Waals surface area (Å²) >= 11 is 0. The summed E-state index contributed by atoms with van der Waals surface area (Å²) in [6, 6.07) is 22.0. The Morgan fingerprint density at radius 2 is 1.41 bits per heavy atom. The van der Waals surface area contributed by atoms with Gasteiger partial charge in [-0.2, -0.15) is 0 Å². The second-order valence-corrected chi connectivity index (χ2v) is 8.65. The molecule has 34 heavy (non-hydrogen) atoms. The predicted octanol–water partition coefficient (Wildman–Crippen LogP) is 4.28. The quantitative estimate of drug-likeness (QED) is 0.320. The highest BCUT2D eigenvalue weighted by atomic mass is 32.2. The maximum absolute atomic E-state index is 12.7. The molecule has 3 aromatic rings. The Balaban J connectivity index is 1.74. The summed E-state index contributed by atoms with van der Waals surface area (Å²) < 4.78 is 27.4. The molecule has 3 rings (SSSR count). The van der Waals surface area contributed by atoms with Gasteiger partial charge in [-0.25, -0.2) is 13.1 Å². The molecule has 3 aromatic carbocycles. The molecule has 0 heterocycles. The molecule has 0 saturated heterocycles. The number of nitrogens with one attached hydrogen (secondary N) is 2. The van der Waals surface area contributed by atoms with Gasteiger partial charge in [0, 0.05) is 22.8 Å². The molecule has 170 valence electrons. The summed E-state index contributed by atoms with van der Waals surface area (Å²) in [5.74, 6) is 4.78. The molecule has 0 radical (unpaired) electrons. The molecule has 7 heteroatoms. The third-order valence-electron chi connectivity index (χ3n) is 4.48. The van der Waals surface area contributed by atoms with Gasteiger partial charge in [-0.3, -0.25) is 9.59 Å². The minimum Gasteiger partial charge on any atom is -0.321 e. The van der Waals surface area contributed by atoms with Crippen molar-refractivity contribution in [3.8, 4) is 11.8 Å². The number of para-hydroxylation sites is 1. The lowest BCUT2D eigenvalue weighted by molar-refractivity contribution is -0.114. The Morgan fingerprint density at radius 3 is 2.09 bits per heavy atom. The molecule has 0 bridgehead atoms. The van der Waals surface area contributed by atoms with Gasteiger partial charge in [-0.15, -0.1) is 0 Å². The number of allylic oxidation sites excluding steroid dienone is 3. The Morgan fingerprint density at radius 1 is 0.794 bits per heavy atom. The summed E-state index contributed by atoms with van der Waals surface area (Å²) in [6.45, 7) is 1.77. The molecule has 0 fully saturated rings. The van der Waals surface area contributed by atoms with E-state index in [9.17, 15) is 18.0 Å². The predicted molar refractivity (Wildman–Crippen MR) is 133 cm³/mol. The highest BCUT2D eigenvalue weighted by molar-refractivity contribution is 7.90. The van der Waals surface area contributed by atoms with E-state index in [1.807, 2.05) is 35.1 Å². The van der Waals surface area contributed by atoms with Crippen molar-refractivity contribution in [1.82, 2.24) is 4.72 Å². The SMILES string of the molecule is CC=CC=CC(=O)NS(=O)(=O)c1ccccc1NC(=O)c1ccc(C#Cc2ccccc2)cc1. The van der Waals surface area contributed by atoms with Crippen molar-refractivity contribution in [3.05, 3.63) is 120 Å². The van der Waals surface area contributed by atoms with Gasteiger partial charge in [0.1, 0.15) is 4.90 Å². The van der Waals surface area contributed by atoms with Crippen molar-refractivity contribution in [3.63, 3.8) is 0 Å². The van der Waals surface area contributed by atoms with Crippen molar-refractivity contribution in [2.45, 2.75) is 11.8 Å². The van der Waals surface area contributed by atoms with E-state index in [1.54, 1.807) is 49.4 Å². The van der Waals surface area contributed by atoms with Crippen molar-refractivity contribution < 1.29 is 18.0 Å². The standard InChI is InChI=1S/C27H22N2O4S/c1-2-3-5-14-26(30)29-34(32,33)25-13-9-8-12-24(25)28-27(31)23-19-17-22(18-20-23)16-15-21-10-6-4-7-11-21/h2-14,17-20H,1H3,(H,28,31)(H,29,30). The number of anilines is 1. The molecule has 0 aliphatic rings. The molecule has 0 aliphatic heterocycles. The van der Waals surface area contributed by atoms with Crippen LogP contribution in [0.15, 0.2) is 108 Å². The lowest BCUT2D eigenvalue weighted by Crippen LogP contribution is -2.30. The fourth-order valence-electron chi connectivity index (χ4n) is 2.84. The zero-order chi connectivity index (χ0) is 24.4. The van der Waals surface area contributed by atoms with Crippen LogP contribution in [0.3, 0.4) is 0 Å². The van der Waals surface area contributed by atoms with Gasteiger partial charge in [0.05, 0.1) is 5.69 Å². The van der Waals surface area contributed by atoms with Gasteiger partial charge in [-0.05, 0) is 55.5 Å². The van der Waals surface area contributed by atoms with Gasteiger partial charge in [-0.1, -0.05) is 60.4 Å². The number of hydrogen-bond donors (Lipinski definition) is 2. The third-order valence-corrected chi connectivity index (χ3v) is 5.89. The molecule has 0 aromatic heterocycles. The highest BCUT2D eigenvalue weighted by Gasteiger charge is 2.21. The normalized spacial score (nSPS) is 11.1. The summed E-state index contributed by atoms with van der Waals surface area (Å²) in [5, 5.41) is 2.60. The van der Waals surface area contributed by atoms with E-state index in [0.29, 0.717) is 5.56 Å². The van der Waals surface area contributed by atoms with E-state index >= 15 is 0 Å². The van der Waals surface area contributed by atoms with Crippen LogP contribution in [0.5, 0.6) is 0 Å². The van der Waals surface area contributed by atoms with Crippen LogP contribution in [-0.4, -0.2) is 20.2 Å². The Labute approximate surface area is 199 Å². The first-order chi connectivity index (χ1) is 16.4. The third kappa shape index (κ3) is 6.79. The average Bonchev–Trinajstić information content (AvgIpc) is 2.84. The van der Waals surface area contributed by atoms with E-state index < -0.39 is 21.8 Å². The number of rotatable bonds is 6. The zero-order valence-electron chi connectivity index (χ0n) is 18.4. The van der Waals surface area contributed by atoms with Gasteiger partial charge in [0.25, 0.3) is 21.8 Å². The number of benzene rings is 3. The van der Waals surface area contributed by atoms with E-state index in [1.165, 1.54) is 24.3 Å². The lowest BCUT2D eigenvalue weighted by Gasteiger charge is -2.12. The summed E-state index contributed by atoms with van der Waals surface area (Å²) in [6.07, 6.45) is 5.82. The minimum absolute atomic E-state index is 0.0539. The molecule has 0 unspecified atom stereocenters. The first-order valence-corrected chi connectivity index (χ1v) is 11.8. The molecular formula is C27H22N2O4S. The van der Waals surface area contributed by atoms with Crippen molar-refractivity contribution in [2.24, 2.45) is 0 Å². The van der Waals surface area contributed by atoms with Gasteiger partial charge < -0.3 is 5.32 Å². The Kier molecular flexibility index (Phi) is 8.16. The lowest BCUT2D eigenvalue weighted by atomic mass is 10.1. The fourth-order valence-corrected chi connectivity index (χ4v) is 3.95. The van der Waals surface area contributed by atoms with Gasteiger partial charge in [0.2, 0.25) is 0 Å². The van der Waals surface area contributed by atoms with Gasteiger partial charge in [0.15, 0.2) is 0 Å². The molecular weight excluding hydrogens is 448 g/mol. The number of carbonyl (C=O) groups excluding carboxylic acids is 2. The van der Waals surface area contributed by atoms with Crippen molar-refractivity contribution in [2.75, 3.05) is 5.32 Å². The molecule has 2 amide bonds. The van der Waals surface area contributed by atoms with Crippen LogP contribution in [0.25, 0.3) is 0 Å². The topological polar surface area (TPSA) is 92.3 Å². The number of hydrogen-bond acceptors (Lipinski definition) is 4. The summed E-state index contributed by atoms with van der Waals surface area (Å²) in [4.78, 5) is 24.4. The van der Waals surface area contributed by atoms with Crippen molar-refractivity contribution in [1.29, 1.82) is 0 Å². The van der Waals surface area contributed by atoms with Gasteiger partial charge >= 0.3 is 0 Å². The number of carbonyl (C=O) groups is 2. The Bertz CT molecular complexity index is 1400. The molecule has 2 N–H and O–H groups in total. The molecule has 6 nitrogen and oxygen atoms in total. The molecule has 0 saturated carbocycles. The van der Waals surface area contributed by atoms with Crippen LogP contribution >= 0.6 is 0 Å². The van der Waals surface area contributed by atoms with Crippen LogP contribution < -0.4 is 10.0 Å². The molecule has 0 aliphatic carbocycles. The maximum atomic E-state index is 12.7. The molecule has 0 atom stereocenters. The summed E-state index contributed by atoms with van der Waals surface area (Å²) in [7, 11) is -4.20. The van der Waals surface area contributed by atoms with E-state index in [0.717, 1.165) is 17.2 Å². The summed E-state index contributed by atoms with van der Waals surface area (Å²) in [5.41, 5.74) is 2.00. The van der Waals surface area contributed by atoms with Crippen LogP contribution in [0.2, 0.25) is 0 Å².